The van der Waals surface area contributed by atoms with Crippen molar-refractivity contribution < 1.29 is 15.0 Å². The molecule has 0 aromatic heterocycles. The predicted octanol–water partition coefficient (Wildman–Crippen LogP) is 9.34. The van der Waals surface area contributed by atoms with E-state index in [1.54, 1.807) is 6.08 Å². The van der Waals surface area contributed by atoms with Crippen molar-refractivity contribution in [2.45, 2.75) is 180 Å². The maximum atomic E-state index is 12.2. The number of carbonyl (C=O) groups is 1. The van der Waals surface area contributed by atoms with E-state index in [9.17, 15) is 15.0 Å². The lowest BCUT2D eigenvalue weighted by Crippen LogP contribution is -2.45. The second-order valence-corrected chi connectivity index (χ2v) is 11.3. The summed E-state index contributed by atoms with van der Waals surface area (Å²) in [5.41, 5.74) is 0. The standard InChI is InChI=1S/C34H65NO3/c1-3-5-7-9-11-13-15-16-17-18-19-20-21-23-25-27-29-33(37)32(31-36)35-34(38)30-28-26-24-22-14-12-10-8-6-4-2/h23,25,27,29,32-33,36-37H,3-22,24,26,28,30-31H2,1-2H3,(H,35,38)/b25-23+,29-27+/t32-,33+/m0/s1. The van der Waals surface area contributed by atoms with Crippen LogP contribution in [0.25, 0.3) is 0 Å². The molecule has 2 atom stereocenters. The molecule has 1 amide bonds. The van der Waals surface area contributed by atoms with Crippen LogP contribution in [0.3, 0.4) is 0 Å². The molecule has 0 aromatic carbocycles. The minimum absolute atomic E-state index is 0.0846. The van der Waals surface area contributed by atoms with Crippen molar-refractivity contribution in [1.29, 1.82) is 0 Å². The average Bonchev–Trinajstić information content (AvgIpc) is 2.92. The van der Waals surface area contributed by atoms with E-state index in [1.807, 2.05) is 12.2 Å². The zero-order valence-corrected chi connectivity index (χ0v) is 25.4. The van der Waals surface area contributed by atoms with Crippen LogP contribution >= 0.6 is 0 Å². The zero-order chi connectivity index (χ0) is 27.9. The molecule has 0 rings (SSSR count). The molecule has 0 aliphatic carbocycles. The molecule has 0 bridgehead atoms. The Morgan fingerprint density at radius 1 is 0.632 bits per heavy atom. The van der Waals surface area contributed by atoms with Crippen LogP contribution in [0.5, 0.6) is 0 Å². The van der Waals surface area contributed by atoms with Crippen LogP contribution in [0, 0.1) is 0 Å². The Labute approximate surface area is 237 Å². The largest absolute Gasteiger partial charge is 0.394 e. The highest BCUT2D eigenvalue weighted by molar-refractivity contribution is 5.76. The molecule has 224 valence electrons. The summed E-state index contributed by atoms with van der Waals surface area (Å²) >= 11 is 0. The normalized spacial score (nSPS) is 13.5. The molecule has 0 radical (unpaired) electrons. The Morgan fingerprint density at radius 3 is 1.50 bits per heavy atom. The number of unbranched alkanes of at least 4 members (excludes halogenated alkanes) is 21. The van der Waals surface area contributed by atoms with E-state index >= 15 is 0 Å². The molecule has 0 aliphatic rings. The summed E-state index contributed by atoms with van der Waals surface area (Å²) in [4.78, 5) is 12.2. The van der Waals surface area contributed by atoms with Gasteiger partial charge in [0.05, 0.1) is 18.8 Å². The van der Waals surface area contributed by atoms with Crippen molar-refractivity contribution in [3.63, 3.8) is 0 Å². The first-order valence-corrected chi connectivity index (χ1v) is 16.6. The molecule has 4 nitrogen and oxygen atoms in total. The van der Waals surface area contributed by atoms with Gasteiger partial charge in [0.1, 0.15) is 0 Å². The minimum atomic E-state index is -0.882. The minimum Gasteiger partial charge on any atom is -0.394 e. The van der Waals surface area contributed by atoms with Gasteiger partial charge in [-0.3, -0.25) is 4.79 Å². The zero-order valence-electron chi connectivity index (χ0n) is 25.4. The summed E-state index contributed by atoms with van der Waals surface area (Å²) in [6, 6.07) is -0.647. The molecule has 0 fully saturated rings. The van der Waals surface area contributed by atoms with Crippen LogP contribution in [0.4, 0.5) is 0 Å². The number of aliphatic hydroxyl groups excluding tert-OH is 2. The second-order valence-electron chi connectivity index (χ2n) is 11.3. The first-order valence-electron chi connectivity index (χ1n) is 16.6. The highest BCUT2D eigenvalue weighted by atomic mass is 16.3. The third kappa shape index (κ3) is 26.5. The highest BCUT2D eigenvalue weighted by Crippen LogP contribution is 2.13. The molecule has 38 heavy (non-hydrogen) atoms. The maximum Gasteiger partial charge on any atom is 0.220 e. The Morgan fingerprint density at radius 2 is 1.05 bits per heavy atom. The molecule has 0 aromatic rings. The number of hydrogen-bond donors (Lipinski definition) is 3. The van der Waals surface area contributed by atoms with Gasteiger partial charge in [-0.15, -0.1) is 0 Å². The van der Waals surface area contributed by atoms with Gasteiger partial charge in [-0.05, 0) is 19.3 Å². The average molecular weight is 536 g/mol. The van der Waals surface area contributed by atoms with Gasteiger partial charge in [0.25, 0.3) is 0 Å². The Balaban J connectivity index is 3.71. The lowest BCUT2D eigenvalue weighted by molar-refractivity contribution is -0.123. The lowest BCUT2D eigenvalue weighted by atomic mass is 10.0. The summed E-state index contributed by atoms with van der Waals surface area (Å²) in [6.07, 6.45) is 36.9. The molecular weight excluding hydrogens is 470 g/mol. The number of rotatable bonds is 29. The predicted molar refractivity (Wildman–Crippen MR) is 165 cm³/mol. The fraction of sp³-hybridized carbons (Fsp3) is 0.853. The fourth-order valence-corrected chi connectivity index (χ4v) is 4.88. The van der Waals surface area contributed by atoms with Gasteiger partial charge in [-0.2, -0.15) is 0 Å². The molecule has 4 heteroatoms. The fourth-order valence-electron chi connectivity index (χ4n) is 4.88. The van der Waals surface area contributed by atoms with Crippen molar-refractivity contribution in [1.82, 2.24) is 5.32 Å². The topological polar surface area (TPSA) is 69.6 Å². The van der Waals surface area contributed by atoms with Gasteiger partial charge < -0.3 is 15.5 Å². The Hall–Kier alpha value is -1.13. The molecule has 3 N–H and O–H groups in total. The second kappa shape index (κ2) is 30.4. The van der Waals surface area contributed by atoms with Crippen molar-refractivity contribution in [3.8, 4) is 0 Å². The van der Waals surface area contributed by atoms with Crippen LogP contribution in [-0.2, 0) is 4.79 Å². The summed E-state index contributed by atoms with van der Waals surface area (Å²) in [5.74, 6) is -0.0846. The first kappa shape index (κ1) is 36.9. The van der Waals surface area contributed by atoms with Crippen LogP contribution in [-0.4, -0.2) is 34.9 Å². The number of aliphatic hydroxyl groups is 2. The van der Waals surface area contributed by atoms with E-state index in [-0.39, 0.29) is 12.5 Å². The molecule has 0 aliphatic heterocycles. The monoisotopic (exact) mass is 535 g/mol. The van der Waals surface area contributed by atoms with E-state index in [0.29, 0.717) is 6.42 Å². The van der Waals surface area contributed by atoms with Gasteiger partial charge in [0.15, 0.2) is 0 Å². The van der Waals surface area contributed by atoms with Gasteiger partial charge in [-0.1, -0.05) is 167 Å². The van der Waals surface area contributed by atoms with E-state index in [0.717, 1.165) is 19.3 Å². The molecule has 0 unspecified atom stereocenters. The molecule has 0 saturated heterocycles. The van der Waals surface area contributed by atoms with Crippen LogP contribution < -0.4 is 5.32 Å². The summed E-state index contributed by atoms with van der Waals surface area (Å²) in [5, 5.41) is 22.7. The Bertz CT molecular complexity index is 546. The van der Waals surface area contributed by atoms with E-state index in [1.165, 1.54) is 128 Å². The number of carbonyl (C=O) groups excluding carboxylic acids is 1. The van der Waals surface area contributed by atoms with Gasteiger partial charge in [-0.25, -0.2) is 0 Å². The van der Waals surface area contributed by atoms with Crippen LogP contribution in [0.15, 0.2) is 24.3 Å². The van der Waals surface area contributed by atoms with Gasteiger partial charge in [0.2, 0.25) is 5.91 Å². The number of nitrogens with one attached hydrogen (secondary N) is 1. The van der Waals surface area contributed by atoms with E-state index in [2.05, 4.69) is 25.2 Å². The summed E-state index contributed by atoms with van der Waals surface area (Å²) in [6.45, 7) is 4.25. The van der Waals surface area contributed by atoms with Crippen molar-refractivity contribution in [3.05, 3.63) is 24.3 Å². The maximum absolute atomic E-state index is 12.2. The van der Waals surface area contributed by atoms with Crippen LogP contribution in [0.1, 0.15) is 168 Å². The molecule has 0 heterocycles. The van der Waals surface area contributed by atoms with Crippen molar-refractivity contribution in [2.24, 2.45) is 0 Å². The smallest absolute Gasteiger partial charge is 0.220 e. The molecule has 0 spiro atoms. The Kier molecular flexibility index (Phi) is 29.5. The number of allylic oxidation sites excluding steroid dienone is 3. The SMILES string of the molecule is CCCCCCCCCCCCCC/C=C/C=C/[C@@H](O)[C@H](CO)NC(=O)CCCCCCCCCCCC. The quantitative estimate of drug-likeness (QED) is 0.0660. The summed E-state index contributed by atoms with van der Waals surface area (Å²) in [7, 11) is 0. The van der Waals surface area contributed by atoms with Crippen LogP contribution in [0.2, 0.25) is 0 Å². The van der Waals surface area contributed by atoms with E-state index in [4.69, 9.17) is 0 Å². The summed E-state index contributed by atoms with van der Waals surface area (Å²) < 4.78 is 0. The third-order valence-electron chi connectivity index (χ3n) is 7.49. The lowest BCUT2D eigenvalue weighted by Gasteiger charge is -2.19. The first-order chi connectivity index (χ1) is 18.7. The molecular formula is C34H65NO3. The van der Waals surface area contributed by atoms with Crippen molar-refractivity contribution in [2.75, 3.05) is 6.61 Å². The molecule has 0 saturated carbocycles. The van der Waals surface area contributed by atoms with Gasteiger partial charge in [0, 0.05) is 6.42 Å². The third-order valence-corrected chi connectivity index (χ3v) is 7.49. The highest BCUT2D eigenvalue weighted by Gasteiger charge is 2.17. The number of amides is 1. The van der Waals surface area contributed by atoms with Crippen molar-refractivity contribution >= 4 is 5.91 Å². The van der Waals surface area contributed by atoms with Gasteiger partial charge >= 0.3 is 0 Å². The van der Waals surface area contributed by atoms with E-state index < -0.39 is 12.1 Å². The number of hydrogen-bond acceptors (Lipinski definition) is 3.